The molecule has 4 heteroatoms. The molecular formula is C16H29N3O. The first-order chi connectivity index (χ1) is 9.26. The molecule has 4 nitrogen and oxygen atoms in total. The van der Waals surface area contributed by atoms with E-state index in [1.807, 2.05) is 32.9 Å². The Bertz CT molecular complexity index is 426. The standard InChI is InChI=1S/C16H29N3O/c1-7-12(3)11-19(8-2)14-10-9-13(17)15(18-14)20-16(4,5)6/h9-10,12H,7-8,11,17H2,1-6H3. The summed E-state index contributed by atoms with van der Waals surface area (Å²) in [6.07, 6.45) is 1.16. The predicted molar refractivity (Wildman–Crippen MR) is 86.4 cm³/mol. The number of hydrogen-bond donors (Lipinski definition) is 1. The third-order valence-electron chi connectivity index (χ3n) is 3.21. The molecule has 0 aliphatic carbocycles. The molecule has 1 unspecified atom stereocenters. The van der Waals surface area contributed by atoms with Crippen molar-refractivity contribution in [2.45, 2.75) is 53.6 Å². The maximum Gasteiger partial charge on any atom is 0.239 e. The van der Waals surface area contributed by atoms with E-state index >= 15 is 0 Å². The van der Waals surface area contributed by atoms with E-state index in [1.165, 1.54) is 0 Å². The average molecular weight is 279 g/mol. The summed E-state index contributed by atoms with van der Waals surface area (Å²) < 4.78 is 5.84. The number of rotatable bonds is 6. The molecule has 0 aromatic carbocycles. The molecule has 0 bridgehead atoms. The van der Waals surface area contributed by atoms with Gasteiger partial charge in [0.25, 0.3) is 0 Å². The molecule has 0 spiro atoms. The van der Waals surface area contributed by atoms with E-state index < -0.39 is 0 Å². The Morgan fingerprint density at radius 3 is 2.45 bits per heavy atom. The minimum absolute atomic E-state index is 0.298. The van der Waals surface area contributed by atoms with Crippen molar-refractivity contribution in [1.82, 2.24) is 4.98 Å². The van der Waals surface area contributed by atoms with Crippen molar-refractivity contribution in [3.63, 3.8) is 0 Å². The Morgan fingerprint density at radius 2 is 1.95 bits per heavy atom. The first kappa shape index (κ1) is 16.6. The van der Waals surface area contributed by atoms with Crippen LogP contribution in [0.25, 0.3) is 0 Å². The second-order valence-corrected chi connectivity index (χ2v) is 6.33. The highest BCUT2D eigenvalue weighted by atomic mass is 16.5. The van der Waals surface area contributed by atoms with Gasteiger partial charge in [-0.1, -0.05) is 20.3 Å². The van der Waals surface area contributed by atoms with Gasteiger partial charge in [0.1, 0.15) is 11.4 Å². The number of anilines is 2. The number of aromatic nitrogens is 1. The van der Waals surface area contributed by atoms with Gasteiger partial charge < -0.3 is 15.4 Å². The highest BCUT2D eigenvalue weighted by molar-refractivity contribution is 5.54. The summed E-state index contributed by atoms with van der Waals surface area (Å²) in [5.41, 5.74) is 6.25. The highest BCUT2D eigenvalue weighted by Crippen LogP contribution is 2.27. The molecule has 1 atom stereocenters. The van der Waals surface area contributed by atoms with E-state index in [-0.39, 0.29) is 5.60 Å². The fourth-order valence-corrected chi connectivity index (χ4v) is 1.88. The summed E-state index contributed by atoms with van der Waals surface area (Å²) in [7, 11) is 0. The molecule has 20 heavy (non-hydrogen) atoms. The van der Waals surface area contributed by atoms with Gasteiger partial charge in [0, 0.05) is 13.1 Å². The molecule has 0 saturated carbocycles. The Morgan fingerprint density at radius 1 is 1.30 bits per heavy atom. The average Bonchev–Trinajstić information content (AvgIpc) is 2.36. The Kier molecular flexibility index (Phi) is 5.66. The van der Waals surface area contributed by atoms with Crippen LogP contribution in [0.1, 0.15) is 48.0 Å². The van der Waals surface area contributed by atoms with Crippen molar-refractivity contribution in [3.05, 3.63) is 12.1 Å². The summed E-state index contributed by atoms with van der Waals surface area (Å²) >= 11 is 0. The molecule has 0 radical (unpaired) electrons. The maximum absolute atomic E-state index is 5.96. The van der Waals surface area contributed by atoms with Crippen molar-refractivity contribution in [3.8, 4) is 5.88 Å². The Hall–Kier alpha value is -1.45. The minimum atomic E-state index is -0.298. The van der Waals surface area contributed by atoms with Gasteiger partial charge in [-0.25, -0.2) is 0 Å². The maximum atomic E-state index is 5.96. The Balaban J connectivity index is 2.97. The zero-order chi connectivity index (χ0) is 15.3. The summed E-state index contributed by atoms with van der Waals surface area (Å²) in [5.74, 6) is 2.10. The van der Waals surface area contributed by atoms with Crippen molar-refractivity contribution in [1.29, 1.82) is 0 Å². The van der Waals surface area contributed by atoms with Gasteiger partial charge in [-0.2, -0.15) is 4.98 Å². The molecule has 1 aromatic heterocycles. The third-order valence-corrected chi connectivity index (χ3v) is 3.21. The summed E-state index contributed by atoms with van der Waals surface area (Å²) in [4.78, 5) is 6.86. The largest absolute Gasteiger partial charge is 0.470 e. The highest BCUT2D eigenvalue weighted by Gasteiger charge is 2.17. The first-order valence-electron chi connectivity index (χ1n) is 7.47. The quantitative estimate of drug-likeness (QED) is 0.862. The molecule has 1 aromatic rings. The molecule has 1 heterocycles. The molecule has 0 fully saturated rings. The van der Waals surface area contributed by atoms with Gasteiger partial charge in [0.05, 0.1) is 5.69 Å². The van der Waals surface area contributed by atoms with Gasteiger partial charge in [-0.15, -0.1) is 0 Å². The normalized spacial score (nSPS) is 13.1. The van der Waals surface area contributed by atoms with E-state index in [1.54, 1.807) is 0 Å². The van der Waals surface area contributed by atoms with Gasteiger partial charge in [-0.3, -0.25) is 0 Å². The monoisotopic (exact) mass is 279 g/mol. The van der Waals surface area contributed by atoms with Crippen LogP contribution in [0.2, 0.25) is 0 Å². The number of nitrogen functional groups attached to an aromatic ring is 1. The number of ether oxygens (including phenoxy) is 1. The number of nitrogens with two attached hydrogens (primary N) is 1. The molecule has 0 aliphatic heterocycles. The first-order valence-corrected chi connectivity index (χ1v) is 7.47. The van der Waals surface area contributed by atoms with Gasteiger partial charge in [0.15, 0.2) is 0 Å². The van der Waals surface area contributed by atoms with Crippen molar-refractivity contribution in [2.75, 3.05) is 23.7 Å². The number of nitrogens with zero attached hydrogens (tertiary/aromatic N) is 2. The summed E-state index contributed by atoms with van der Waals surface area (Å²) in [6.45, 7) is 14.5. The van der Waals surface area contributed by atoms with E-state index in [9.17, 15) is 0 Å². The van der Waals surface area contributed by atoms with Crippen LogP contribution in [-0.2, 0) is 0 Å². The second-order valence-electron chi connectivity index (χ2n) is 6.33. The van der Waals surface area contributed by atoms with Crippen LogP contribution in [0.5, 0.6) is 5.88 Å². The van der Waals surface area contributed by atoms with Gasteiger partial charge in [-0.05, 0) is 45.7 Å². The molecule has 0 aliphatic rings. The minimum Gasteiger partial charge on any atom is -0.470 e. The molecule has 2 N–H and O–H groups in total. The van der Waals surface area contributed by atoms with Gasteiger partial charge >= 0.3 is 0 Å². The molecule has 0 saturated heterocycles. The SMILES string of the molecule is CCC(C)CN(CC)c1ccc(N)c(OC(C)(C)C)n1. The van der Waals surface area contributed by atoms with Crippen LogP contribution >= 0.6 is 0 Å². The van der Waals surface area contributed by atoms with Crippen molar-refractivity contribution < 1.29 is 4.74 Å². The molecule has 114 valence electrons. The smallest absolute Gasteiger partial charge is 0.239 e. The zero-order valence-electron chi connectivity index (χ0n) is 13.7. The zero-order valence-corrected chi connectivity index (χ0v) is 13.7. The molecule has 0 amide bonds. The Labute approximate surface area is 123 Å². The fourth-order valence-electron chi connectivity index (χ4n) is 1.88. The second kappa shape index (κ2) is 6.82. The van der Waals surface area contributed by atoms with Crippen LogP contribution in [0.4, 0.5) is 11.5 Å². The van der Waals surface area contributed by atoms with Crippen molar-refractivity contribution in [2.24, 2.45) is 5.92 Å². The van der Waals surface area contributed by atoms with Crippen LogP contribution in [0.15, 0.2) is 12.1 Å². The fraction of sp³-hybridized carbons (Fsp3) is 0.688. The van der Waals surface area contributed by atoms with E-state index in [2.05, 4.69) is 30.7 Å². The lowest BCUT2D eigenvalue weighted by molar-refractivity contribution is 0.125. The lowest BCUT2D eigenvalue weighted by atomic mass is 10.1. The summed E-state index contributed by atoms with van der Waals surface area (Å²) in [6, 6.07) is 3.85. The molecule has 1 rings (SSSR count). The van der Waals surface area contributed by atoms with E-state index in [4.69, 9.17) is 10.5 Å². The number of hydrogen-bond acceptors (Lipinski definition) is 4. The number of pyridine rings is 1. The van der Waals surface area contributed by atoms with Gasteiger partial charge in [0.2, 0.25) is 5.88 Å². The molecular weight excluding hydrogens is 250 g/mol. The summed E-state index contributed by atoms with van der Waals surface area (Å²) in [5, 5.41) is 0. The van der Waals surface area contributed by atoms with Crippen molar-refractivity contribution >= 4 is 11.5 Å². The van der Waals surface area contributed by atoms with E-state index in [0.717, 1.165) is 25.3 Å². The third kappa shape index (κ3) is 4.91. The topological polar surface area (TPSA) is 51.4 Å². The van der Waals surface area contributed by atoms with Crippen LogP contribution in [0, 0.1) is 5.92 Å². The van der Waals surface area contributed by atoms with Crippen LogP contribution in [0.3, 0.4) is 0 Å². The van der Waals surface area contributed by atoms with E-state index in [0.29, 0.717) is 17.5 Å². The predicted octanol–water partition coefficient (Wildman–Crippen LogP) is 3.71. The van der Waals surface area contributed by atoms with Crippen LogP contribution < -0.4 is 15.4 Å². The lowest BCUT2D eigenvalue weighted by Gasteiger charge is -2.27. The van der Waals surface area contributed by atoms with Crippen LogP contribution in [-0.4, -0.2) is 23.7 Å². The lowest BCUT2D eigenvalue weighted by Crippen LogP contribution is -2.29.